The minimum absolute atomic E-state index is 0.00666. The summed E-state index contributed by atoms with van der Waals surface area (Å²) in [4.78, 5) is 54.6. The first-order valence-electron chi connectivity index (χ1n) is 20.4. The van der Waals surface area contributed by atoms with Crippen LogP contribution in [-0.4, -0.2) is 127 Å². The summed E-state index contributed by atoms with van der Waals surface area (Å²) in [5.74, 6) is 0.175. The maximum absolute atomic E-state index is 14.6. The number of carboxylic acid groups (broad SMARTS) is 1. The van der Waals surface area contributed by atoms with Crippen molar-refractivity contribution >= 4 is 32.1 Å². The van der Waals surface area contributed by atoms with E-state index in [9.17, 15) is 23.9 Å². The van der Waals surface area contributed by atoms with Crippen LogP contribution in [0.15, 0.2) is 60.7 Å². The van der Waals surface area contributed by atoms with Gasteiger partial charge in [-0.2, -0.15) is 0 Å². The quantitative estimate of drug-likeness (QED) is 0.212. The van der Waals surface area contributed by atoms with Crippen molar-refractivity contribution in [3.05, 3.63) is 88.9 Å². The molecule has 3 aliphatic rings. The molecule has 0 unspecified atom stereocenters. The van der Waals surface area contributed by atoms with E-state index in [-0.39, 0.29) is 60.7 Å². The number of pyridine rings is 1. The van der Waals surface area contributed by atoms with E-state index >= 15 is 0 Å². The van der Waals surface area contributed by atoms with Gasteiger partial charge in [-0.25, -0.2) is 19.0 Å². The van der Waals surface area contributed by atoms with Crippen molar-refractivity contribution in [2.75, 3.05) is 57.3 Å². The highest BCUT2D eigenvalue weighted by Gasteiger charge is 2.45. The SMILES string of the molecule is C[C@@H]1CN(C(=O)OCc2ccccc2)CCN1C[C@H]1CN(C(=O)O)[C@H](C)CN1CC(=O)N1CC(C)(C)c2nc(O[Si](C)(C)C(C)(C)C)c(Cc3ccc(F)cc3)cc21. The summed E-state index contributed by atoms with van der Waals surface area (Å²) in [7, 11) is -2.31. The second kappa shape index (κ2) is 17.0. The Labute approximate surface area is 344 Å². The van der Waals surface area contributed by atoms with E-state index < -0.39 is 19.8 Å². The van der Waals surface area contributed by atoms with Crippen LogP contribution >= 0.6 is 0 Å². The summed E-state index contributed by atoms with van der Waals surface area (Å²) >= 11 is 0. The third-order valence-corrected chi connectivity index (χ3v) is 16.8. The van der Waals surface area contributed by atoms with E-state index in [0.29, 0.717) is 51.6 Å². The predicted molar refractivity (Wildman–Crippen MR) is 225 cm³/mol. The molecule has 0 radical (unpaired) electrons. The lowest BCUT2D eigenvalue weighted by Crippen LogP contribution is -2.64. The highest BCUT2D eigenvalue weighted by molar-refractivity contribution is 6.74. The Morgan fingerprint density at radius 2 is 1.62 bits per heavy atom. The molecule has 4 heterocycles. The molecule has 3 amide bonds. The topological polar surface area (TPSA) is 119 Å². The Morgan fingerprint density at radius 3 is 2.26 bits per heavy atom. The van der Waals surface area contributed by atoms with E-state index in [1.165, 1.54) is 17.0 Å². The van der Waals surface area contributed by atoms with E-state index in [1.54, 1.807) is 17.0 Å². The summed E-state index contributed by atoms with van der Waals surface area (Å²) < 4.78 is 26.4. The largest absolute Gasteiger partial charge is 0.530 e. The first-order valence-corrected chi connectivity index (χ1v) is 23.3. The van der Waals surface area contributed by atoms with Gasteiger partial charge in [0, 0.05) is 81.3 Å². The lowest BCUT2D eigenvalue weighted by Gasteiger charge is -2.47. The summed E-state index contributed by atoms with van der Waals surface area (Å²) in [6.45, 7) is 22.6. The van der Waals surface area contributed by atoms with E-state index in [0.717, 1.165) is 28.1 Å². The molecule has 1 aromatic heterocycles. The molecule has 2 saturated heterocycles. The van der Waals surface area contributed by atoms with Crippen LogP contribution in [0.3, 0.4) is 0 Å². The predicted octanol–water partition coefficient (Wildman–Crippen LogP) is 7.22. The number of hydrogen-bond acceptors (Lipinski definition) is 8. The Balaban J connectivity index is 1.21. The zero-order valence-electron chi connectivity index (χ0n) is 35.6. The van der Waals surface area contributed by atoms with E-state index in [1.807, 2.05) is 48.2 Å². The molecule has 0 bridgehead atoms. The Morgan fingerprint density at radius 1 is 0.931 bits per heavy atom. The molecule has 1 N–H and O–H groups in total. The molecule has 14 heteroatoms. The fourth-order valence-electron chi connectivity index (χ4n) is 7.96. The molecule has 314 valence electrons. The second-order valence-corrected chi connectivity index (χ2v) is 23.3. The Hall–Kier alpha value is -4.53. The van der Waals surface area contributed by atoms with Gasteiger partial charge in [-0.1, -0.05) is 77.1 Å². The number of amides is 3. The molecule has 12 nitrogen and oxygen atoms in total. The second-order valence-electron chi connectivity index (χ2n) is 18.5. The highest BCUT2D eigenvalue weighted by Crippen LogP contribution is 2.44. The number of rotatable bonds is 10. The summed E-state index contributed by atoms with van der Waals surface area (Å²) in [5, 5.41) is 10.1. The molecule has 3 aromatic rings. The van der Waals surface area contributed by atoms with Gasteiger partial charge in [-0.3, -0.25) is 14.6 Å². The van der Waals surface area contributed by atoms with Crippen molar-refractivity contribution in [2.24, 2.45) is 0 Å². The number of benzene rings is 2. The van der Waals surface area contributed by atoms with E-state index in [4.69, 9.17) is 14.1 Å². The molecule has 3 atom stereocenters. The molecule has 0 aliphatic carbocycles. The van der Waals surface area contributed by atoms with Crippen LogP contribution in [0.5, 0.6) is 5.88 Å². The smallest absolute Gasteiger partial charge is 0.410 e. The molecule has 0 spiro atoms. The number of fused-ring (bicyclic) bond motifs is 1. The van der Waals surface area contributed by atoms with Crippen molar-refractivity contribution in [1.82, 2.24) is 24.6 Å². The zero-order chi connectivity index (χ0) is 42.2. The normalized spacial score (nSPS) is 21.5. The van der Waals surface area contributed by atoms with Gasteiger partial charge in [0.2, 0.25) is 11.8 Å². The van der Waals surface area contributed by atoms with Crippen LogP contribution in [0.2, 0.25) is 18.1 Å². The highest BCUT2D eigenvalue weighted by atomic mass is 28.4. The van der Waals surface area contributed by atoms with Gasteiger partial charge in [0.25, 0.3) is 8.32 Å². The lowest BCUT2D eigenvalue weighted by molar-refractivity contribution is -0.121. The van der Waals surface area contributed by atoms with Crippen LogP contribution in [0.4, 0.5) is 19.7 Å². The average molecular weight is 817 g/mol. The summed E-state index contributed by atoms with van der Waals surface area (Å²) in [5.41, 5.74) is 3.75. The monoisotopic (exact) mass is 816 g/mol. The summed E-state index contributed by atoms with van der Waals surface area (Å²) in [6.07, 6.45) is -0.873. The first kappa shape index (κ1) is 43.1. The zero-order valence-corrected chi connectivity index (χ0v) is 36.6. The molecule has 0 saturated carbocycles. The molecular formula is C44H61FN6O6Si. The Kier molecular flexibility index (Phi) is 12.6. The Bertz CT molecular complexity index is 1960. The molecule has 2 aromatic carbocycles. The van der Waals surface area contributed by atoms with Gasteiger partial charge >= 0.3 is 12.2 Å². The van der Waals surface area contributed by atoms with Crippen LogP contribution in [0, 0.1) is 5.82 Å². The maximum atomic E-state index is 14.6. The number of piperazine rings is 2. The molecule has 6 rings (SSSR count). The lowest BCUT2D eigenvalue weighted by atomic mass is 9.91. The van der Waals surface area contributed by atoms with Gasteiger partial charge < -0.3 is 29.0 Å². The van der Waals surface area contributed by atoms with Crippen molar-refractivity contribution in [2.45, 2.75) is 103 Å². The number of aromatic nitrogens is 1. The molecule has 3 aliphatic heterocycles. The molecule has 58 heavy (non-hydrogen) atoms. The van der Waals surface area contributed by atoms with Gasteiger partial charge in [-0.05, 0) is 61.3 Å². The maximum Gasteiger partial charge on any atom is 0.410 e. The number of carbonyl (C=O) groups excluding carboxylic acids is 2. The third-order valence-electron chi connectivity index (χ3n) is 12.5. The van der Waals surface area contributed by atoms with Crippen molar-refractivity contribution < 1.29 is 33.0 Å². The van der Waals surface area contributed by atoms with Crippen LogP contribution < -0.4 is 9.33 Å². The van der Waals surface area contributed by atoms with Crippen molar-refractivity contribution in [3.8, 4) is 5.88 Å². The van der Waals surface area contributed by atoms with Crippen LogP contribution in [-0.2, 0) is 28.0 Å². The number of hydrogen-bond donors (Lipinski definition) is 1. The van der Waals surface area contributed by atoms with Gasteiger partial charge in [-0.15, -0.1) is 0 Å². The fraction of sp³-hybridized carbons (Fsp3) is 0.545. The van der Waals surface area contributed by atoms with Gasteiger partial charge in [0.15, 0.2) is 0 Å². The first-order chi connectivity index (χ1) is 27.2. The van der Waals surface area contributed by atoms with Gasteiger partial charge in [0.1, 0.15) is 12.4 Å². The van der Waals surface area contributed by atoms with E-state index in [2.05, 4.69) is 64.4 Å². The van der Waals surface area contributed by atoms with Gasteiger partial charge in [0.05, 0.1) is 17.9 Å². The fourth-order valence-corrected chi connectivity index (χ4v) is 8.92. The standard InChI is InChI=1S/C44H61FN6O6Si/c1-30-23-48(42(55)56-28-33-13-11-10-12-14-33)20-19-47(30)25-36-26-50(41(53)54)31(2)24-49(36)27-38(52)51-29-44(6,7)39-37(51)22-34(21-32-15-17-35(45)18-16-32)40(46-39)57-58(8,9)43(3,4)5/h10-18,22,30-31,36H,19-21,23-29H2,1-9H3,(H,53,54)/t30-,31-,36+/m1/s1. The number of ether oxygens (including phenoxy) is 1. The molecule has 2 fully saturated rings. The van der Waals surface area contributed by atoms with Crippen molar-refractivity contribution in [3.63, 3.8) is 0 Å². The van der Waals surface area contributed by atoms with Crippen LogP contribution in [0.25, 0.3) is 0 Å². The third kappa shape index (κ3) is 9.66. The minimum atomic E-state index is -2.31. The molecular weight excluding hydrogens is 756 g/mol. The number of nitrogens with zero attached hydrogens (tertiary/aromatic N) is 6. The average Bonchev–Trinajstić information content (AvgIpc) is 3.42. The number of carbonyl (C=O) groups is 3. The van der Waals surface area contributed by atoms with Crippen LogP contribution in [0.1, 0.15) is 70.9 Å². The van der Waals surface area contributed by atoms with Crippen molar-refractivity contribution in [1.29, 1.82) is 0 Å². The number of anilines is 1. The number of halogens is 1. The minimum Gasteiger partial charge on any atom is -0.530 e. The summed E-state index contributed by atoms with van der Waals surface area (Å²) in [6, 6.07) is 17.5.